The molecule has 4 heteroatoms. The van der Waals surface area contributed by atoms with E-state index in [0.29, 0.717) is 0 Å². The third kappa shape index (κ3) is 8.92. The van der Waals surface area contributed by atoms with Gasteiger partial charge in [0.15, 0.2) is 17.4 Å². The van der Waals surface area contributed by atoms with Crippen LogP contribution in [0.5, 0.6) is 0 Å². The Morgan fingerprint density at radius 3 is 1.25 bits per heavy atom. The van der Waals surface area contributed by atoms with Gasteiger partial charge in [-0.2, -0.15) is 0 Å². The molecule has 0 aromatic heterocycles. The van der Waals surface area contributed by atoms with Crippen molar-refractivity contribution < 1.29 is 36.1 Å². The Bertz CT molecular complexity index is 13.5. The molecule has 0 unspecified atom stereocenters. The summed E-state index contributed by atoms with van der Waals surface area (Å²) in [4.78, 5) is 0. The Labute approximate surface area is 100 Å². The van der Waals surface area contributed by atoms with Crippen molar-refractivity contribution in [1.82, 2.24) is 0 Å². The summed E-state index contributed by atoms with van der Waals surface area (Å²) < 4.78 is 0. The van der Waals surface area contributed by atoms with Gasteiger partial charge < -0.3 is 2.85 Å². The molecule has 0 atom stereocenters. The zero-order valence-electron chi connectivity index (χ0n) is 3.36. The summed E-state index contributed by atoms with van der Waals surface area (Å²) in [6.07, 6.45) is 0. The van der Waals surface area contributed by atoms with Crippen LogP contribution in [0.1, 0.15) is 2.85 Å². The molecule has 0 N–H and O–H groups in total. The van der Waals surface area contributed by atoms with Gasteiger partial charge in [-0.05, 0) is 0 Å². The summed E-state index contributed by atoms with van der Waals surface area (Å²) in [6, 6.07) is 0. The zero-order chi connectivity index (χ0) is 0. The molecule has 1 radical (unpaired) electrons. The first-order valence-electron chi connectivity index (χ1n) is 0. The van der Waals surface area contributed by atoms with E-state index in [1.54, 1.807) is 0 Å². The average molecular weight is 287 g/mol. The van der Waals surface area contributed by atoms with E-state index in [-0.39, 0.29) is 102 Å². The molecule has 0 saturated carbocycles. The second-order valence-electron chi connectivity index (χ2n) is 0. The maximum Gasteiger partial charge on any atom is 2.00 e. The molecule has 0 heterocycles. The van der Waals surface area contributed by atoms with Gasteiger partial charge in [0.1, 0.15) is 0 Å². The van der Waals surface area contributed by atoms with Crippen LogP contribution in [0.4, 0.5) is 0 Å². The molecule has 0 fully saturated rings. The van der Waals surface area contributed by atoms with Gasteiger partial charge in [0, 0.05) is 33.3 Å². The molecular weight excluding hydrogens is 282 g/mol. The summed E-state index contributed by atoms with van der Waals surface area (Å²) in [5.74, 6) is 0. The van der Waals surface area contributed by atoms with Crippen LogP contribution in [0.3, 0.4) is 0 Å². The van der Waals surface area contributed by atoms with Crippen molar-refractivity contribution in [2.45, 2.75) is 0 Å². The normalized spacial score (nSPS) is 0. The van der Waals surface area contributed by atoms with Crippen LogP contribution in [-0.4, -0.2) is 66.2 Å². The van der Waals surface area contributed by atoms with E-state index in [0.717, 1.165) is 0 Å². The smallest absolute Gasteiger partial charge is 1.00 e. The van der Waals surface area contributed by atoms with Crippen LogP contribution in [0.25, 0.3) is 0 Å². The molecule has 0 saturated heterocycles. The SMILES string of the molecule is [AlH3].[Ba+2].[Co].[H-].[H-].[Ni]. The minimum absolute atomic E-state index is 0. The second kappa shape index (κ2) is 16.5. The summed E-state index contributed by atoms with van der Waals surface area (Å²) in [7, 11) is 0. The summed E-state index contributed by atoms with van der Waals surface area (Å²) in [5, 5.41) is 0. The third-order valence-corrected chi connectivity index (χ3v) is 0. The Morgan fingerprint density at radius 1 is 1.25 bits per heavy atom. The molecule has 29 valence electrons. The average Bonchev–Trinajstić information content (AvgIpc) is 0. The standard InChI is InChI=1S/Al.Ba.Co.Ni.5H/q;+2;;;;;;2*-1. The van der Waals surface area contributed by atoms with Gasteiger partial charge in [-0.15, -0.1) is 0 Å². The summed E-state index contributed by atoms with van der Waals surface area (Å²) in [6.45, 7) is 0. The zero-order valence-corrected chi connectivity index (χ0v) is 7.83. The van der Waals surface area contributed by atoms with Gasteiger partial charge >= 0.3 is 48.9 Å². The number of hydrogen-bond donors (Lipinski definition) is 0. The predicted molar refractivity (Wildman–Crippen MR) is 17.9 cm³/mol. The van der Waals surface area contributed by atoms with Gasteiger partial charge in [-0.1, -0.05) is 0 Å². The van der Waals surface area contributed by atoms with Crippen molar-refractivity contribution in [1.29, 1.82) is 0 Å². The van der Waals surface area contributed by atoms with Gasteiger partial charge in [0.25, 0.3) is 0 Å². The third-order valence-electron chi connectivity index (χ3n) is 0. The molecule has 0 rings (SSSR count). The van der Waals surface area contributed by atoms with Crippen LogP contribution < -0.4 is 0 Å². The van der Waals surface area contributed by atoms with Crippen LogP contribution >= 0.6 is 0 Å². The molecule has 0 bridgehead atoms. The van der Waals surface area contributed by atoms with E-state index in [1.165, 1.54) is 0 Å². The van der Waals surface area contributed by atoms with Crippen molar-refractivity contribution >= 4 is 66.2 Å². The van der Waals surface area contributed by atoms with Gasteiger partial charge in [-0.3, -0.25) is 0 Å². The topological polar surface area (TPSA) is 0 Å². The van der Waals surface area contributed by atoms with E-state index in [2.05, 4.69) is 0 Å². The number of rotatable bonds is 0. The van der Waals surface area contributed by atoms with Crippen molar-refractivity contribution in [2.75, 3.05) is 0 Å². The molecule has 0 amide bonds. The van der Waals surface area contributed by atoms with Gasteiger partial charge in [0.2, 0.25) is 0 Å². The Morgan fingerprint density at radius 2 is 1.25 bits per heavy atom. The van der Waals surface area contributed by atoms with E-state index < -0.39 is 0 Å². The van der Waals surface area contributed by atoms with Crippen molar-refractivity contribution in [2.24, 2.45) is 0 Å². The van der Waals surface area contributed by atoms with E-state index in [1.807, 2.05) is 0 Å². The fourth-order valence-electron chi connectivity index (χ4n) is 0. The largest absolute Gasteiger partial charge is 2.00 e. The summed E-state index contributed by atoms with van der Waals surface area (Å²) in [5.41, 5.74) is 0. The van der Waals surface area contributed by atoms with E-state index in [4.69, 9.17) is 0 Å². The maximum atomic E-state index is 0. The predicted octanol–water partition coefficient (Wildman–Crippen LogP) is -1.34. The van der Waals surface area contributed by atoms with Crippen LogP contribution in [0.15, 0.2) is 0 Å². The summed E-state index contributed by atoms with van der Waals surface area (Å²) >= 11 is 0. The molecule has 4 heavy (non-hydrogen) atoms. The maximum absolute atomic E-state index is 0. The van der Waals surface area contributed by atoms with Crippen LogP contribution in [0.2, 0.25) is 0 Å². The first-order valence-corrected chi connectivity index (χ1v) is 0. The molecule has 0 spiro atoms. The Kier molecular flexibility index (Phi) is 113. The van der Waals surface area contributed by atoms with Crippen molar-refractivity contribution in [3.05, 3.63) is 0 Å². The first-order chi connectivity index (χ1) is 0. The van der Waals surface area contributed by atoms with Gasteiger partial charge in [0.05, 0.1) is 0 Å². The Hall–Kier alpha value is 3.10. The van der Waals surface area contributed by atoms with Crippen LogP contribution in [0, 0.1) is 0 Å². The fraction of sp³-hybridized carbons (Fsp3) is 0. The second-order valence-corrected chi connectivity index (χ2v) is 0. The Balaban J connectivity index is 0. The van der Waals surface area contributed by atoms with E-state index >= 15 is 0 Å². The first kappa shape index (κ1) is 27.5. The molecule has 0 aliphatic carbocycles. The van der Waals surface area contributed by atoms with Crippen LogP contribution in [-0.2, 0) is 33.3 Å². The molecule has 0 aliphatic heterocycles. The van der Waals surface area contributed by atoms with E-state index in [9.17, 15) is 0 Å². The minimum atomic E-state index is 0. The molecule has 0 aromatic rings. The molecular formula is H5AlBaCoNi. The van der Waals surface area contributed by atoms with Crippen molar-refractivity contribution in [3.8, 4) is 0 Å². The molecule has 0 aliphatic rings. The fourth-order valence-corrected chi connectivity index (χ4v) is 0. The number of hydrogen-bond acceptors (Lipinski definition) is 0. The quantitative estimate of drug-likeness (QED) is 0.484. The van der Waals surface area contributed by atoms with Crippen molar-refractivity contribution in [3.63, 3.8) is 0 Å². The van der Waals surface area contributed by atoms with Gasteiger partial charge in [-0.25, -0.2) is 0 Å². The minimum Gasteiger partial charge on any atom is -1.00 e. The monoisotopic (exact) mass is 287 g/mol. The molecule has 0 aromatic carbocycles. The molecule has 0 nitrogen and oxygen atoms in total.